The molecule has 0 aliphatic rings. The summed E-state index contributed by atoms with van der Waals surface area (Å²) >= 11 is 3.35. The monoisotopic (exact) mass is 262 g/mol. The summed E-state index contributed by atoms with van der Waals surface area (Å²) in [5, 5.41) is 1.02. The highest BCUT2D eigenvalue weighted by Crippen LogP contribution is 2.03. The van der Waals surface area contributed by atoms with Crippen LogP contribution in [-0.4, -0.2) is 17.9 Å². The lowest BCUT2D eigenvalue weighted by Crippen LogP contribution is -2.05. The van der Waals surface area contributed by atoms with E-state index in [1.807, 2.05) is 6.08 Å². The predicted molar refractivity (Wildman–Crippen MR) is 62.7 cm³/mol. The maximum absolute atomic E-state index is 11.1. The second kappa shape index (κ2) is 10.8. The molecule has 0 amide bonds. The Balaban J connectivity index is 3.15. The standard InChI is InChI=1S/C11H19BrO2/c1-2-3-7-10-14-11(13)8-5-4-6-9-12/h2H,1,3-10H2. The fraction of sp³-hybridized carbons (Fsp3) is 0.727. The van der Waals surface area contributed by atoms with Crippen LogP contribution in [0.1, 0.15) is 38.5 Å². The van der Waals surface area contributed by atoms with E-state index >= 15 is 0 Å². The highest BCUT2D eigenvalue weighted by molar-refractivity contribution is 9.09. The molecule has 0 heterocycles. The summed E-state index contributed by atoms with van der Waals surface area (Å²) in [6.07, 6.45) is 7.35. The molecule has 0 spiro atoms. The van der Waals surface area contributed by atoms with Gasteiger partial charge in [-0.15, -0.1) is 6.58 Å². The summed E-state index contributed by atoms with van der Waals surface area (Å²) in [5.41, 5.74) is 0. The smallest absolute Gasteiger partial charge is 0.305 e. The van der Waals surface area contributed by atoms with Crippen molar-refractivity contribution in [3.05, 3.63) is 12.7 Å². The molecule has 0 saturated heterocycles. The lowest BCUT2D eigenvalue weighted by Gasteiger charge is -2.03. The van der Waals surface area contributed by atoms with Gasteiger partial charge < -0.3 is 4.74 Å². The van der Waals surface area contributed by atoms with Gasteiger partial charge in [0.25, 0.3) is 0 Å². The molecule has 0 N–H and O–H groups in total. The fourth-order valence-corrected chi connectivity index (χ4v) is 1.42. The molecular weight excluding hydrogens is 244 g/mol. The van der Waals surface area contributed by atoms with Crippen molar-refractivity contribution in [2.45, 2.75) is 38.5 Å². The third-order valence-electron chi connectivity index (χ3n) is 1.83. The van der Waals surface area contributed by atoms with Crippen LogP contribution in [0.15, 0.2) is 12.7 Å². The molecule has 0 aliphatic heterocycles. The Labute approximate surface area is 94.8 Å². The maximum Gasteiger partial charge on any atom is 0.305 e. The third kappa shape index (κ3) is 9.78. The number of ether oxygens (including phenoxy) is 1. The molecule has 0 radical (unpaired) electrons. The first-order valence-electron chi connectivity index (χ1n) is 5.13. The molecule has 0 bridgehead atoms. The maximum atomic E-state index is 11.1. The second-order valence-electron chi connectivity index (χ2n) is 3.15. The van der Waals surface area contributed by atoms with Crippen LogP contribution in [0.4, 0.5) is 0 Å². The zero-order valence-corrected chi connectivity index (χ0v) is 10.2. The zero-order valence-electron chi connectivity index (χ0n) is 8.64. The van der Waals surface area contributed by atoms with Crippen LogP contribution in [0.5, 0.6) is 0 Å². The van der Waals surface area contributed by atoms with E-state index in [0.717, 1.165) is 37.4 Å². The van der Waals surface area contributed by atoms with Crippen molar-refractivity contribution < 1.29 is 9.53 Å². The molecule has 14 heavy (non-hydrogen) atoms. The van der Waals surface area contributed by atoms with Gasteiger partial charge in [0.15, 0.2) is 0 Å². The van der Waals surface area contributed by atoms with E-state index in [4.69, 9.17) is 4.74 Å². The first kappa shape index (κ1) is 13.7. The number of allylic oxidation sites excluding steroid dienone is 1. The topological polar surface area (TPSA) is 26.3 Å². The van der Waals surface area contributed by atoms with Gasteiger partial charge in [0.1, 0.15) is 0 Å². The number of alkyl halides is 1. The average molecular weight is 263 g/mol. The highest BCUT2D eigenvalue weighted by Gasteiger charge is 2.01. The molecule has 3 heteroatoms. The van der Waals surface area contributed by atoms with Crippen molar-refractivity contribution >= 4 is 21.9 Å². The molecule has 0 aromatic rings. The number of hydrogen-bond acceptors (Lipinski definition) is 2. The molecule has 0 saturated carbocycles. The average Bonchev–Trinajstić information content (AvgIpc) is 2.19. The largest absolute Gasteiger partial charge is 0.466 e. The SMILES string of the molecule is C=CCCCOC(=O)CCCCCBr. The molecule has 82 valence electrons. The van der Waals surface area contributed by atoms with Crippen molar-refractivity contribution in [3.63, 3.8) is 0 Å². The third-order valence-corrected chi connectivity index (χ3v) is 2.39. The second-order valence-corrected chi connectivity index (χ2v) is 3.94. The lowest BCUT2D eigenvalue weighted by molar-refractivity contribution is -0.143. The van der Waals surface area contributed by atoms with Crippen LogP contribution in [0, 0.1) is 0 Å². The molecule has 0 atom stereocenters. The number of unbranched alkanes of at least 4 members (excludes halogenated alkanes) is 3. The van der Waals surface area contributed by atoms with Gasteiger partial charge in [-0.25, -0.2) is 0 Å². The number of carbonyl (C=O) groups excluding carboxylic acids is 1. The number of carbonyl (C=O) groups is 1. The minimum Gasteiger partial charge on any atom is -0.466 e. The predicted octanol–water partition coefficient (Wildman–Crippen LogP) is 3.45. The van der Waals surface area contributed by atoms with Crippen molar-refractivity contribution in [2.75, 3.05) is 11.9 Å². The van der Waals surface area contributed by atoms with E-state index < -0.39 is 0 Å². The van der Waals surface area contributed by atoms with Crippen LogP contribution in [0.25, 0.3) is 0 Å². The van der Waals surface area contributed by atoms with E-state index in [2.05, 4.69) is 22.5 Å². The van der Waals surface area contributed by atoms with Crippen molar-refractivity contribution in [1.82, 2.24) is 0 Å². The van der Waals surface area contributed by atoms with Gasteiger partial charge in [-0.1, -0.05) is 28.4 Å². The number of esters is 1. The molecule has 0 aliphatic carbocycles. The molecule has 0 aromatic carbocycles. The Morgan fingerprint density at radius 3 is 2.71 bits per heavy atom. The number of halogens is 1. The van der Waals surface area contributed by atoms with Gasteiger partial charge in [-0.3, -0.25) is 4.79 Å². The minimum atomic E-state index is -0.0661. The van der Waals surface area contributed by atoms with Crippen LogP contribution in [0.3, 0.4) is 0 Å². The first-order valence-corrected chi connectivity index (χ1v) is 6.26. The molecular formula is C11H19BrO2. The van der Waals surface area contributed by atoms with Gasteiger partial charge in [0.05, 0.1) is 6.61 Å². The molecule has 0 rings (SSSR count). The Morgan fingerprint density at radius 2 is 2.07 bits per heavy atom. The first-order chi connectivity index (χ1) is 6.81. The summed E-state index contributed by atoms with van der Waals surface area (Å²) in [7, 11) is 0. The Morgan fingerprint density at radius 1 is 1.29 bits per heavy atom. The van der Waals surface area contributed by atoms with Gasteiger partial charge in [0, 0.05) is 11.8 Å². The van der Waals surface area contributed by atoms with Crippen LogP contribution < -0.4 is 0 Å². The van der Waals surface area contributed by atoms with E-state index in [1.165, 1.54) is 0 Å². The molecule has 0 aromatic heterocycles. The van der Waals surface area contributed by atoms with Crippen molar-refractivity contribution in [3.8, 4) is 0 Å². The Bertz CT molecular complexity index is 157. The van der Waals surface area contributed by atoms with Gasteiger partial charge in [0.2, 0.25) is 0 Å². The van der Waals surface area contributed by atoms with Gasteiger partial charge in [-0.2, -0.15) is 0 Å². The summed E-state index contributed by atoms with van der Waals surface area (Å²) < 4.78 is 5.03. The minimum absolute atomic E-state index is 0.0661. The van der Waals surface area contributed by atoms with Crippen molar-refractivity contribution in [1.29, 1.82) is 0 Å². The van der Waals surface area contributed by atoms with E-state index in [9.17, 15) is 4.79 Å². The molecule has 0 unspecified atom stereocenters. The van der Waals surface area contributed by atoms with Gasteiger partial charge >= 0.3 is 5.97 Å². The van der Waals surface area contributed by atoms with E-state index in [-0.39, 0.29) is 5.97 Å². The number of rotatable bonds is 9. The zero-order chi connectivity index (χ0) is 10.6. The molecule has 2 nitrogen and oxygen atoms in total. The lowest BCUT2D eigenvalue weighted by atomic mass is 10.2. The summed E-state index contributed by atoms with van der Waals surface area (Å²) in [5.74, 6) is -0.0661. The van der Waals surface area contributed by atoms with Crippen molar-refractivity contribution in [2.24, 2.45) is 0 Å². The Hall–Kier alpha value is -0.310. The van der Waals surface area contributed by atoms with E-state index in [0.29, 0.717) is 13.0 Å². The summed E-state index contributed by atoms with van der Waals surface area (Å²) in [6, 6.07) is 0. The van der Waals surface area contributed by atoms with Crippen LogP contribution in [-0.2, 0) is 9.53 Å². The van der Waals surface area contributed by atoms with Gasteiger partial charge in [-0.05, 0) is 25.7 Å². The highest BCUT2D eigenvalue weighted by atomic mass is 79.9. The number of hydrogen-bond donors (Lipinski definition) is 0. The van der Waals surface area contributed by atoms with Crippen LogP contribution >= 0.6 is 15.9 Å². The normalized spacial score (nSPS) is 9.79. The quantitative estimate of drug-likeness (QED) is 0.275. The fourth-order valence-electron chi connectivity index (χ4n) is 1.03. The van der Waals surface area contributed by atoms with E-state index in [1.54, 1.807) is 0 Å². The Kier molecular flexibility index (Phi) is 10.5. The summed E-state index contributed by atoms with van der Waals surface area (Å²) in [6.45, 7) is 4.13. The van der Waals surface area contributed by atoms with Crippen LogP contribution in [0.2, 0.25) is 0 Å². The molecule has 0 fully saturated rings. The summed E-state index contributed by atoms with van der Waals surface area (Å²) in [4.78, 5) is 11.1.